The summed E-state index contributed by atoms with van der Waals surface area (Å²) in [5.41, 5.74) is 1.27. The molecule has 1 N–H and O–H groups in total. The minimum atomic E-state index is 0.243. The molecular weight excluding hydrogens is 328 g/mol. The van der Waals surface area contributed by atoms with Gasteiger partial charge in [0.15, 0.2) is 0 Å². The van der Waals surface area contributed by atoms with E-state index in [2.05, 4.69) is 34.5 Å². The summed E-state index contributed by atoms with van der Waals surface area (Å²) in [4.78, 5) is 3.85. The number of nitrogens with one attached hydrogen (secondary N) is 1. The van der Waals surface area contributed by atoms with Crippen LogP contribution in [-0.4, -0.2) is 37.7 Å². The molecule has 2 heterocycles. The molecule has 1 aromatic carbocycles. The maximum absolute atomic E-state index is 6.21. The lowest BCUT2D eigenvalue weighted by molar-refractivity contribution is 0.243. The van der Waals surface area contributed by atoms with Crippen molar-refractivity contribution >= 4 is 22.9 Å². The second-order valence-electron chi connectivity index (χ2n) is 5.69. The molecule has 1 aliphatic heterocycles. The average molecular weight is 351 g/mol. The fourth-order valence-electron chi connectivity index (χ4n) is 3.10. The van der Waals surface area contributed by atoms with E-state index in [0.29, 0.717) is 6.61 Å². The van der Waals surface area contributed by atoms with E-state index in [0.717, 1.165) is 36.3 Å². The largest absolute Gasteiger partial charge is 0.494 e. The van der Waals surface area contributed by atoms with Gasteiger partial charge >= 0.3 is 0 Å². The topological polar surface area (TPSA) is 24.5 Å². The van der Waals surface area contributed by atoms with Gasteiger partial charge in [-0.1, -0.05) is 23.7 Å². The van der Waals surface area contributed by atoms with Crippen molar-refractivity contribution in [1.29, 1.82) is 0 Å². The van der Waals surface area contributed by atoms with E-state index in [-0.39, 0.29) is 6.04 Å². The summed E-state index contributed by atoms with van der Waals surface area (Å²) in [6.45, 7) is 6.95. The lowest BCUT2D eigenvalue weighted by Crippen LogP contribution is -2.32. The molecule has 1 atom stereocenters. The summed E-state index contributed by atoms with van der Waals surface area (Å²) in [5, 5.41) is 3.48. The van der Waals surface area contributed by atoms with Crippen LogP contribution in [0, 0.1) is 0 Å². The van der Waals surface area contributed by atoms with Crippen LogP contribution < -0.4 is 10.1 Å². The second kappa shape index (κ2) is 8.15. The molecule has 0 bridgehead atoms. The highest BCUT2D eigenvalue weighted by molar-refractivity contribution is 7.16. The Bertz CT molecular complexity index is 623. The Hall–Kier alpha value is -1.07. The van der Waals surface area contributed by atoms with Gasteiger partial charge in [0.2, 0.25) is 0 Å². The SMILES string of the molecule is CCOc1cccc(C(c2ccc(Cl)s2)N2CCCNCC2)c1. The van der Waals surface area contributed by atoms with Gasteiger partial charge < -0.3 is 10.1 Å². The third-order valence-electron chi connectivity index (χ3n) is 4.09. The summed E-state index contributed by atoms with van der Waals surface area (Å²) >= 11 is 7.88. The van der Waals surface area contributed by atoms with Crippen LogP contribution in [0.3, 0.4) is 0 Å². The predicted molar refractivity (Wildman–Crippen MR) is 97.8 cm³/mol. The van der Waals surface area contributed by atoms with Gasteiger partial charge in [0.1, 0.15) is 5.75 Å². The van der Waals surface area contributed by atoms with Gasteiger partial charge in [0, 0.05) is 24.5 Å². The Labute approximate surface area is 147 Å². The maximum atomic E-state index is 6.21. The van der Waals surface area contributed by atoms with Gasteiger partial charge in [-0.2, -0.15) is 0 Å². The highest BCUT2D eigenvalue weighted by atomic mass is 35.5. The fourth-order valence-corrected chi connectivity index (χ4v) is 4.32. The first-order valence-electron chi connectivity index (χ1n) is 8.20. The molecular formula is C18H23ClN2OS. The normalized spacial score (nSPS) is 17.7. The second-order valence-corrected chi connectivity index (χ2v) is 7.44. The predicted octanol–water partition coefficient (Wildman–Crippen LogP) is 4.18. The van der Waals surface area contributed by atoms with Crippen molar-refractivity contribution in [1.82, 2.24) is 10.2 Å². The zero-order valence-electron chi connectivity index (χ0n) is 13.4. The number of thiophene rings is 1. The van der Waals surface area contributed by atoms with E-state index in [1.807, 2.05) is 19.1 Å². The Morgan fingerprint density at radius 3 is 2.96 bits per heavy atom. The molecule has 1 aliphatic rings. The van der Waals surface area contributed by atoms with Gasteiger partial charge in [0.05, 0.1) is 17.0 Å². The number of halogens is 1. The zero-order valence-corrected chi connectivity index (χ0v) is 15.0. The van der Waals surface area contributed by atoms with Crippen molar-refractivity contribution in [3.05, 3.63) is 51.2 Å². The summed E-state index contributed by atoms with van der Waals surface area (Å²) in [5.74, 6) is 0.936. The van der Waals surface area contributed by atoms with Crippen LogP contribution in [-0.2, 0) is 0 Å². The summed E-state index contributed by atoms with van der Waals surface area (Å²) < 4.78 is 6.54. The van der Waals surface area contributed by atoms with Gasteiger partial charge in [-0.3, -0.25) is 4.90 Å². The molecule has 1 saturated heterocycles. The Morgan fingerprint density at radius 1 is 1.26 bits per heavy atom. The van der Waals surface area contributed by atoms with Gasteiger partial charge in [-0.15, -0.1) is 11.3 Å². The van der Waals surface area contributed by atoms with Gasteiger partial charge in [0.25, 0.3) is 0 Å². The molecule has 5 heteroatoms. The van der Waals surface area contributed by atoms with Crippen LogP contribution in [0.25, 0.3) is 0 Å². The Morgan fingerprint density at radius 2 is 2.17 bits per heavy atom. The van der Waals surface area contributed by atoms with Crippen molar-refractivity contribution in [2.75, 3.05) is 32.8 Å². The number of benzene rings is 1. The van der Waals surface area contributed by atoms with Crippen LogP contribution in [0.15, 0.2) is 36.4 Å². The smallest absolute Gasteiger partial charge is 0.119 e. The Kier molecular flexibility index (Phi) is 5.95. The van der Waals surface area contributed by atoms with Crippen molar-refractivity contribution in [3.63, 3.8) is 0 Å². The first-order valence-corrected chi connectivity index (χ1v) is 9.40. The van der Waals surface area contributed by atoms with Gasteiger partial charge in [-0.05, 0) is 49.7 Å². The van der Waals surface area contributed by atoms with Crippen LogP contribution >= 0.6 is 22.9 Å². The molecule has 1 fully saturated rings. The number of rotatable bonds is 5. The van der Waals surface area contributed by atoms with E-state index in [1.165, 1.54) is 16.9 Å². The molecule has 1 aromatic heterocycles. The molecule has 0 radical (unpaired) electrons. The van der Waals surface area contributed by atoms with Crippen molar-refractivity contribution in [2.45, 2.75) is 19.4 Å². The maximum Gasteiger partial charge on any atom is 0.119 e. The molecule has 0 amide bonds. The average Bonchev–Trinajstić information content (AvgIpc) is 2.81. The van der Waals surface area contributed by atoms with E-state index in [4.69, 9.17) is 16.3 Å². The van der Waals surface area contributed by atoms with Crippen LogP contribution in [0.1, 0.15) is 29.8 Å². The lowest BCUT2D eigenvalue weighted by Gasteiger charge is -2.30. The molecule has 0 aliphatic carbocycles. The molecule has 3 rings (SSSR count). The molecule has 23 heavy (non-hydrogen) atoms. The highest BCUT2D eigenvalue weighted by Gasteiger charge is 2.25. The standard InChI is InChI=1S/C18H23ClN2OS/c1-2-22-15-6-3-5-14(13-15)18(16-7-8-17(19)23-16)21-11-4-9-20-10-12-21/h3,5-8,13,18,20H,2,4,9-12H2,1H3. The quantitative estimate of drug-likeness (QED) is 0.875. The van der Waals surface area contributed by atoms with Crippen LogP contribution in [0.4, 0.5) is 0 Å². The minimum absolute atomic E-state index is 0.243. The van der Waals surface area contributed by atoms with Gasteiger partial charge in [-0.25, -0.2) is 0 Å². The summed E-state index contributed by atoms with van der Waals surface area (Å²) in [6, 6.07) is 12.9. The Balaban J connectivity index is 1.95. The van der Waals surface area contributed by atoms with E-state index in [1.54, 1.807) is 11.3 Å². The number of ether oxygens (including phenoxy) is 1. The number of hydrogen-bond donors (Lipinski definition) is 1. The molecule has 3 nitrogen and oxygen atoms in total. The first-order chi connectivity index (χ1) is 11.3. The van der Waals surface area contributed by atoms with E-state index < -0.39 is 0 Å². The van der Waals surface area contributed by atoms with Crippen molar-refractivity contribution in [3.8, 4) is 5.75 Å². The van der Waals surface area contributed by atoms with Crippen LogP contribution in [0.5, 0.6) is 5.75 Å². The molecule has 2 aromatic rings. The fraction of sp³-hybridized carbons (Fsp3) is 0.444. The lowest BCUT2D eigenvalue weighted by atomic mass is 10.0. The number of hydrogen-bond acceptors (Lipinski definition) is 4. The van der Waals surface area contributed by atoms with Crippen molar-refractivity contribution in [2.24, 2.45) is 0 Å². The van der Waals surface area contributed by atoms with E-state index in [9.17, 15) is 0 Å². The van der Waals surface area contributed by atoms with E-state index >= 15 is 0 Å². The number of nitrogens with zero attached hydrogens (tertiary/aromatic N) is 1. The third-order valence-corrected chi connectivity index (χ3v) is 5.37. The highest BCUT2D eigenvalue weighted by Crippen LogP contribution is 2.36. The molecule has 1 unspecified atom stereocenters. The summed E-state index contributed by atoms with van der Waals surface area (Å²) in [7, 11) is 0. The van der Waals surface area contributed by atoms with Crippen LogP contribution in [0.2, 0.25) is 4.34 Å². The monoisotopic (exact) mass is 350 g/mol. The minimum Gasteiger partial charge on any atom is -0.494 e. The molecule has 124 valence electrons. The summed E-state index contributed by atoms with van der Waals surface area (Å²) in [6.07, 6.45) is 1.17. The first kappa shape index (κ1) is 16.8. The molecule has 0 spiro atoms. The van der Waals surface area contributed by atoms with Crippen molar-refractivity contribution < 1.29 is 4.74 Å². The zero-order chi connectivity index (χ0) is 16.1. The molecule has 0 saturated carbocycles. The third kappa shape index (κ3) is 4.27.